The van der Waals surface area contributed by atoms with Gasteiger partial charge in [0.05, 0.1) is 31.7 Å². The van der Waals surface area contributed by atoms with E-state index in [1.165, 1.54) is 37.1 Å². The molecule has 0 aromatic heterocycles. The third-order valence-electron chi connectivity index (χ3n) is 5.30. The van der Waals surface area contributed by atoms with Crippen LogP contribution < -0.4 is 15.4 Å². The van der Waals surface area contributed by atoms with E-state index in [2.05, 4.69) is 10.6 Å². The number of Topliss-reactive ketones (excluding diaryl/α,β-unsaturated/α-hetero) is 1. The third kappa shape index (κ3) is 9.33. The summed E-state index contributed by atoms with van der Waals surface area (Å²) < 4.78 is 18.8. The SMILES string of the molecule is COc1ccc(F)cc1CC(=O)NC(C(=O)NC(CC(=O)O)C(=O)CSCc1ccccc1)C(C)C. The van der Waals surface area contributed by atoms with Gasteiger partial charge in [-0.2, -0.15) is 0 Å². The van der Waals surface area contributed by atoms with Crippen LogP contribution in [0.5, 0.6) is 5.75 Å². The lowest BCUT2D eigenvalue weighted by atomic mass is 10.0. The molecule has 0 saturated carbocycles. The molecule has 2 aromatic carbocycles. The first kappa shape index (κ1) is 28.8. The van der Waals surface area contributed by atoms with E-state index >= 15 is 0 Å². The molecule has 2 unspecified atom stereocenters. The van der Waals surface area contributed by atoms with Gasteiger partial charge in [0.1, 0.15) is 17.6 Å². The zero-order chi connectivity index (χ0) is 26.7. The quantitative estimate of drug-likeness (QED) is 0.352. The molecule has 0 radical (unpaired) electrons. The minimum Gasteiger partial charge on any atom is -0.496 e. The van der Waals surface area contributed by atoms with Crippen molar-refractivity contribution >= 4 is 35.3 Å². The van der Waals surface area contributed by atoms with Crippen molar-refractivity contribution in [3.05, 3.63) is 65.5 Å². The zero-order valence-electron chi connectivity index (χ0n) is 20.5. The summed E-state index contributed by atoms with van der Waals surface area (Å²) in [5.74, 6) is -2.86. The van der Waals surface area contributed by atoms with Crippen LogP contribution in [-0.2, 0) is 31.4 Å². The number of amides is 2. The van der Waals surface area contributed by atoms with E-state index in [4.69, 9.17) is 4.74 Å². The number of carboxylic acids is 1. The van der Waals surface area contributed by atoms with Gasteiger partial charge in [-0.1, -0.05) is 44.2 Å². The van der Waals surface area contributed by atoms with Crippen LogP contribution in [0.3, 0.4) is 0 Å². The summed E-state index contributed by atoms with van der Waals surface area (Å²) in [5, 5.41) is 14.4. The van der Waals surface area contributed by atoms with Crippen molar-refractivity contribution in [3.8, 4) is 5.75 Å². The Bertz CT molecular complexity index is 1060. The van der Waals surface area contributed by atoms with Crippen molar-refractivity contribution in [2.75, 3.05) is 12.9 Å². The van der Waals surface area contributed by atoms with Gasteiger partial charge >= 0.3 is 5.97 Å². The van der Waals surface area contributed by atoms with E-state index in [9.17, 15) is 28.7 Å². The number of hydrogen-bond donors (Lipinski definition) is 3. The number of aliphatic carboxylic acids is 1. The van der Waals surface area contributed by atoms with Crippen molar-refractivity contribution in [3.63, 3.8) is 0 Å². The third-order valence-corrected chi connectivity index (χ3v) is 6.32. The number of thioether (sulfide) groups is 1. The fourth-order valence-electron chi connectivity index (χ4n) is 3.44. The molecule has 194 valence electrons. The minimum absolute atomic E-state index is 0.0190. The average molecular weight is 519 g/mol. The lowest BCUT2D eigenvalue weighted by Crippen LogP contribution is -2.54. The molecule has 0 bridgehead atoms. The predicted molar refractivity (Wildman–Crippen MR) is 135 cm³/mol. The van der Waals surface area contributed by atoms with E-state index in [1.807, 2.05) is 30.3 Å². The molecule has 2 amide bonds. The Kier molecular flexibility index (Phi) is 11.4. The van der Waals surface area contributed by atoms with Gasteiger partial charge in [-0.25, -0.2) is 4.39 Å². The van der Waals surface area contributed by atoms with Gasteiger partial charge in [0, 0.05) is 11.3 Å². The Hall–Kier alpha value is -3.40. The Morgan fingerprint density at radius 2 is 1.75 bits per heavy atom. The highest BCUT2D eigenvalue weighted by molar-refractivity contribution is 7.99. The van der Waals surface area contributed by atoms with E-state index < -0.39 is 47.9 Å². The van der Waals surface area contributed by atoms with Gasteiger partial charge in [-0.05, 0) is 29.7 Å². The fourth-order valence-corrected chi connectivity index (χ4v) is 4.38. The van der Waals surface area contributed by atoms with E-state index in [0.717, 1.165) is 5.56 Å². The molecule has 0 aliphatic carbocycles. The molecule has 0 aliphatic rings. The molecular formula is C26H31FN2O6S. The van der Waals surface area contributed by atoms with Crippen LogP contribution in [0.25, 0.3) is 0 Å². The van der Waals surface area contributed by atoms with Gasteiger partial charge in [0.2, 0.25) is 11.8 Å². The van der Waals surface area contributed by atoms with Crippen molar-refractivity contribution < 1.29 is 33.4 Å². The molecule has 10 heteroatoms. The van der Waals surface area contributed by atoms with Crippen molar-refractivity contribution in [1.82, 2.24) is 10.6 Å². The highest BCUT2D eigenvalue weighted by atomic mass is 32.2. The maximum Gasteiger partial charge on any atom is 0.305 e. The average Bonchev–Trinajstić information content (AvgIpc) is 2.82. The van der Waals surface area contributed by atoms with Gasteiger partial charge < -0.3 is 20.5 Å². The van der Waals surface area contributed by atoms with Crippen LogP contribution >= 0.6 is 11.8 Å². The van der Waals surface area contributed by atoms with Crippen LogP contribution in [-0.4, -0.2) is 53.6 Å². The summed E-state index contributed by atoms with van der Waals surface area (Å²) in [5.41, 5.74) is 1.33. The molecule has 36 heavy (non-hydrogen) atoms. The van der Waals surface area contributed by atoms with E-state index in [-0.39, 0.29) is 18.1 Å². The first-order valence-electron chi connectivity index (χ1n) is 11.4. The Balaban J connectivity index is 2.03. The molecule has 8 nitrogen and oxygen atoms in total. The zero-order valence-corrected chi connectivity index (χ0v) is 21.3. The highest BCUT2D eigenvalue weighted by Crippen LogP contribution is 2.20. The largest absolute Gasteiger partial charge is 0.496 e. The Labute approximate surface area is 214 Å². The molecule has 0 aliphatic heterocycles. The van der Waals surface area contributed by atoms with Gasteiger partial charge in [-0.15, -0.1) is 11.8 Å². The summed E-state index contributed by atoms with van der Waals surface area (Å²) >= 11 is 1.32. The fraction of sp³-hybridized carbons (Fsp3) is 0.385. The molecule has 0 spiro atoms. The van der Waals surface area contributed by atoms with Crippen LogP contribution in [0, 0.1) is 11.7 Å². The summed E-state index contributed by atoms with van der Waals surface area (Å²) in [6.45, 7) is 3.41. The van der Waals surface area contributed by atoms with Crippen LogP contribution in [0.15, 0.2) is 48.5 Å². The molecular weight excluding hydrogens is 487 g/mol. The van der Waals surface area contributed by atoms with Crippen LogP contribution in [0.1, 0.15) is 31.4 Å². The van der Waals surface area contributed by atoms with Crippen LogP contribution in [0.4, 0.5) is 4.39 Å². The van der Waals surface area contributed by atoms with E-state index in [1.54, 1.807) is 13.8 Å². The highest BCUT2D eigenvalue weighted by Gasteiger charge is 2.30. The smallest absolute Gasteiger partial charge is 0.305 e. The molecule has 0 heterocycles. The second kappa shape index (κ2) is 14.2. The molecule has 0 fully saturated rings. The Morgan fingerprint density at radius 1 is 1.06 bits per heavy atom. The molecule has 2 atom stereocenters. The normalized spacial score (nSPS) is 12.5. The summed E-state index contributed by atoms with van der Waals surface area (Å²) in [6.07, 6.45) is -0.805. The lowest BCUT2D eigenvalue weighted by Gasteiger charge is -2.24. The number of hydrogen-bond acceptors (Lipinski definition) is 6. The monoisotopic (exact) mass is 518 g/mol. The minimum atomic E-state index is -1.24. The molecule has 3 N–H and O–H groups in total. The first-order valence-corrected chi connectivity index (χ1v) is 12.5. The predicted octanol–water partition coefficient (Wildman–Crippen LogP) is 2.98. The standard InChI is InChI=1S/C26H31FN2O6S/c1-16(2)25(29-23(31)12-18-11-19(27)9-10-22(18)35-3)26(34)28-20(13-24(32)33)21(30)15-36-14-17-7-5-4-6-8-17/h4-11,16,20,25H,12-15H2,1-3H3,(H,28,34)(H,29,31)(H,32,33). The number of benzene rings is 2. The van der Waals surface area contributed by atoms with Gasteiger partial charge in [0.25, 0.3) is 0 Å². The maximum absolute atomic E-state index is 13.6. The summed E-state index contributed by atoms with van der Waals surface area (Å²) in [4.78, 5) is 49.7. The number of carbonyl (C=O) groups excluding carboxylic acids is 3. The molecule has 0 saturated heterocycles. The number of ketones is 1. The van der Waals surface area contributed by atoms with Gasteiger partial charge in [0.15, 0.2) is 5.78 Å². The number of ether oxygens (including phenoxy) is 1. The van der Waals surface area contributed by atoms with Gasteiger partial charge in [-0.3, -0.25) is 19.2 Å². The second-order valence-corrected chi connectivity index (χ2v) is 9.51. The summed E-state index contributed by atoms with van der Waals surface area (Å²) in [7, 11) is 1.40. The number of nitrogens with one attached hydrogen (secondary N) is 2. The summed E-state index contributed by atoms with van der Waals surface area (Å²) in [6, 6.07) is 11.0. The Morgan fingerprint density at radius 3 is 2.36 bits per heavy atom. The van der Waals surface area contributed by atoms with E-state index in [0.29, 0.717) is 17.1 Å². The van der Waals surface area contributed by atoms with Crippen molar-refractivity contribution in [1.29, 1.82) is 0 Å². The number of methoxy groups -OCH3 is 1. The van der Waals surface area contributed by atoms with Crippen molar-refractivity contribution in [2.24, 2.45) is 5.92 Å². The van der Waals surface area contributed by atoms with Crippen LogP contribution in [0.2, 0.25) is 0 Å². The number of carboxylic acid groups (broad SMARTS) is 1. The molecule has 2 rings (SSSR count). The molecule has 2 aromatic rings. The second-order valence-electron chi connectivity index (χ2n) is 8.53. The number of rotatable bonds is 14. The maximum atomic E-state index is 13.6. The number of carbonyl (C=O) groups is 4. The van der Waals surface area contributed by atoms with Crippen molar-refractivity contribution in [2.45, 2.75) is 44.5 Å². The number of halogens is 1. The first-order chi connectivity index (χ1) is 17.1. The lowest BCUT2D eigenvalue weighted by molar-refractivity contribution is -0.140. The topological polar surface area (TPSA) is 122 Å².